The lowest BCUT2D eigenvalue weighted by atomic mass is 10.3. The normalized spacial score (nSPS) is 11.3. The standard InChI is InChI=1S/C14H19ClN2O4S/c1-4-8-16-14(18)10-17(3)22(19,20)11-6-7-13(21-5-2)12(15)9-11/h4,6-7,9H,1,5,8,10H2,2-3H3,(H,16,18). The second kappa shape index (κ2) is 8.17. The number of rotatable bonds is 8. The molecule has 0 saturated heterocycles. The molecule has 0 radical (unpaired) electrons. The Morgan fingerprint density at radius 1 is 1.50 bits per heavy atom. The van der Waals surface area contributed by atoms with Gasteiger partial charge < -0.3 is 10.1 Å². The molecule has 6 nitrogen and oxygen atoms in total. The maximum Gasteiger partial charge on any atom is 0.243 e. The number of carbonyl (C=O) groups is 1. The quantitative estimate of drug-likeness (QED) is 0.726. The van der Waals surface area contributed by atoms with Gasteiger partial charge in [0, 0.05) is 13.6 Å². The van der Waals surface area contributed by atoms with E-state index in [1.807, 2.05) is 0 Å². The average Bonchev–Trinajstić information content (AvgIpc) is 2.47. The summed E-state index contributed by atoms with van der Waals surface area (Å²) in [7, 11) is -2.48. The van der Waals surface area contributed by atoms with Crippen LogP contribution in [0.1, 0.15) is 6.92 Å². The fraction of sp³-hybridized carbons (Fsp3) is 0.357. The molecule has 1 aromatic carbocycles. The number of benzene rings is 1. The van der Waals surface area contributed by atoms with Crippen molar-refractivity contribution >= 4 is 27.5 Å². The summed E-state index contributed by atoms with van der Waals surface area (Å²) in [6.45, 7) is 5.68. The largest absolute Gasteiger partial charge is 0.492 e. The van der Waals surface area contributed by atoms with E-state index in [2.05, 4.69) is 11.9 Å². The van der Waals surface area contributed by atoms with Crippen molar-refractivity contribution in [2.45, 2.75) is 11.8 Å². The van der Waals surface area contributed by atoms with Crippen LogP contribution in [0.3, 0.4) is 0 Å². The van der Waals surface area contributed by atoms with E-state index in [-0.39, 0.29) is 23.0 Å². The van der Waals surface area contributed by atoms with Crippen LogP contribution in [0.2, 0.25) is 5.02 Å². The van der Waals surface area contributed by atoms with Gasteiger partial charge in [0.05, 0.1) is 23.1 Å². The fourth-order valence-corrected chi connectivity index (χ4v) is 3.08. The summed E-state index contributed by atoms with van der Waals surface area (Å²) < 4.78 is 31.0. The SMILES string of the molecule is C=CCNC(=O)CN(C)S(=O)(=O)c1ccc(OCC)c(Cl)c1. The molecule has 0 spiro atoms. The number of likely N-dealkylation sites (N-methyl/N-ethyl adjacent to an activating group) is 1. The first-order chi connectivity index (χ1) is 10.3. The molecule has 8 heteroatoms. The van der Waals surface area contributed by atoms with E-state index in [4.69, 9.17) is 16.3 Å². The zero-order valence-electron chi connectivity index (χ0n) is 12.5. The zero-order chi connectivity index (χ0) is 16.8. The van der Waals surface area contributed by atoms with Crippen molar-refractivity contribution < 1.29 is 17.9 Å². The Hall–Kier alpha value is -1.57. The first kappa shape index (κ1) is 18.5. The van der Waals surface area contributed by atoms with Crippen LogP contribution < -0.4 is 10.1 Å². The second-order valence-corrected chi connectivity index (χ2v) is 6.83. The third kappa shape index (κ3) is 4.72. The van der Waals surface area contributed by atoms with E-state index in [1.165, 1.54) is 31.3 Å². The molecule has 0 aliphatic rings. The number of ether oxygens (including phenoxy) is 1. The first-order valence-electron chi connectivity index (χ1n) is 6.59. The Labute approximate surface area is 135 Å². The Kier molecular flexibility index (Phi) is 6.86. The van der Waals surface area contributed by atoms with E-state index in [9.17, 15) is 13.2 Å². The van der Waals surface area contributed by atoms with E-state index >= 15 is 0 Å². The number of sulfonamides is 1. The molecule has 0 fully saturated rings. The molecule has 122 valence electrons. The molecule has 0 aliphatic carbocycles. The lowest BCUT2D eigenvalue weighted by Gasteiger charge is -2.17. The molecule has 22 heavy (non-hydrogen) atoms. The van der Waals surface area contributed by atoms with Gasteiger partial charge in [-0.15, -0.1) is 6.58 Å². The molecular weight excluding hydrogens is 328 g/mol. The van der Waals surface area contributed by atoms with Crippen LogP contribution in [-0.4, -0.2) is 45.4 Å². The summed E-state index contributed by atoms with van der Waals surface area (Å²) in [4.78, 5) is 11.6. The lowest BCUT2D eigenvalue weighted by molar-refractivity contribution is -0.120. The molecule has 0 atom stereocenters. The lowest BCUT2D eigenvalue weighted by Crippen LogP contribution is -2.38. The minimum Gasteiger partial charge on any atom is -0.492 e. The Morgan fingerprint density at radius 3 is 2.73 bits per heavy atom. The van der Waals surface area contributed by atoms with Crippen LogP contribution in [0, 0.1) is 0 Å². The number of hydrogen-bond acceptors (Lipinski definition) is 4. The summed E-state index contributed by atoms with van der Waals surface area (Å²) in [5, 5.41) is 2.72. The summed E-state index contributed by atoms with van der Waals surface area (Å²) >= 11 is 5.99. The van der Waals surface area contributed by atoms with E-state index in [0.717, 1.165) is 4.31 Å². The molecule has 1 aromatic rings. The van der Waals surface area contributed by atoms with Crippen molar-refractivity contribution in [1.29, 1.82) is 0 Å². The summed E-state index contributed by atoms with van der Waals surface area (Å²) in [5.74, 6) is -0.00231. The van der Waals surface area contributed by atoms with Crippen LogP contribution >= 0.6 is 11.6 Å². The van der Waals surface area contributed by atoms with Crippen molar-refractivity contribution in [3.63, 3.8) is 0 Å². The number of nitrogens with zero attached hydrogens (tertiary/aromatic N) is 1. The minimum atomic E-state index is -3.81. The van der Waals surface area contributed by atoms with Crippen LogP contribution in [0.4, 0.5) is 0 Å². The van der Waals surface area contributed by atoms with E-state index in [0.29, 0.717) is 12.4 Å². The zero-order valence-corrected chi connectivity index (χ0v) is 14.1. The monoisotopic (exact) mass is 346 g/mol. The Morgan fingerprint density at radius 2 is 2.18 bits per heavy atom. The second-order valence-electron chi connectivity index (χ2n) is 4.38. The third-order valence-corrected chi connectivity index (χ3v) is 4.82. The van der Waals surface area contributed by atoms with Crippen molar-refractivity contribution in [3.05, 3.63) is 35.9 Å². The van der Waals surface area contributed by atoms with Gasteiger partial charge in [0.2, 0.25) is 15.9 Å². The molecule has 0 saturated carbocycles. The number of carbonyl (C=O) groups excluding carboxylic acids is 1. The van der Waals surface area contributed by atoms with Crippen molar-refractivity contribution in [2.75, 3.05) is 26.7 Å². The fourth-order valence-electron chi connectivity index (χ4n) is 1.62. The van der Waals surface area contributed by atoms with Crippen LogP contribution in [-0.2, 0) is 14.8 Å². The van der Waals surface area contributed by atoms with Gasteiger partial charge in [0.15, 0.2) is 0 Å². The van der Waals surface area contributed by atoms with Crippen molar-refractivity contribution in [1.82, 2.24) is 9.62 Å². The van der Waals surface area contributed by atoms with Gasteiger partial charge in [0.25, 0.3) is 0 Å². The van der Waals surface area contributed by atoms with Crippen molar-refractivity contribution in [3.8, 4) is 5.75 Å². The van der Waals surface area contributed by atoms with E-state index in [1.54, 1.807) is 6.92 Å². The molecule has 0 heterocycles. The highest BCUT2D eigenvalue weighted by Crippen LogP contribution is 2.28. The van der Waals surface area contributed by atoms with Gasteiger partial charge in [-0.25, -0.2) is 8.42 Å². The number of amides is 1. The maximum absolute atomic E-state index is 12.4. The highest BCUT2D eigenvalue weighted by atomic mass is 35.5. The van der Waals surface area contributed by atoms with Gasteiger partial charge in [-0.05, 0) is 25.1 Å². The van der Waals surface area contributed by atoms with Crippen LogP contribution in [0.5, 0.6) is 5.75 Å². The first-order valence-corrected chi connectivity index (χ1v) is 8.41. The molecule has 0 unspecified atom stereocenters. The van der Waals surface area contributed by atoms with Gasteiger partial charge >= 0.3 is 0 Å². The number of nitrogens with one attached hydrogen (secondary N) is 1. The predicted molar refractivity (Wildman–Crippen MR) is 85.6 cm³/mol. The van der Waals surface area contributed by atoms with Gasteiger partial charge in [-0.3, -0.25) is 4.79 Å². The predicted octanol–water partition coefficient (Wildman–Crippen LogP) is 1.66. The van der Waals surface area contributed by atoms with Gasteiger partial charge in [-0.2, -0.15) is 4.31 Å². The highest BCUT2D eigenvalue weighted by Gasteiger charge is 2.23. The molecule has 0 bridgehead atoms. The molecule has 1 amide bonds. The van der Waals surface area contributed by atoms with E-state index < -0.39 is 15.9 Å². The topological polar surface area (TPSA) is 75.7 Å². The Bertz CT molecular complexity index is 646. The van der Waals surface area contributed by atoms with Crippen LogP contribution in [0.25, 0.3) is 0 Å². The average molecular weight is 347 g/mol. The van der Waals surface area contributed by atoms with Crippen LogP contribution in [0.15, 0.2) is 35.7 Å². The summed E-state index contributed by atoms with van der Waals surface area (Å²) in [6.07, 6.45) is 1.51. The maximum atomic E-state index is 12.4. The molecule has 0 aliphatic heterocycles. The summed E-state index contributed by atoms with van der Waals surface area (Å²) in [6, 6.07) is 4.19. The van der Waals surface area contributed by atoms with Crippen molar-refractivity contribution in [2.24, 2.45) is 0 Å². The molecule has 1 N–H and O–H groups in total. The number of halogens is 1. The summed E-state index contributed by atoms with van der Waals surface area (Å²) in [5.41, 5.74) is 0. The molecular formula is C14H19ClN2O4S. The highest BCUT2D eigenvalue weighted by molar-refractivity contribution is 7.89. The van der Waals surface area contributed by atoms with Gasteiger partial charge in [-0.1, -0.05) is 17.7 Å². The third-order valence-electron chi connectivity index (χ3n) is 2.72. The Balaban J connectivity index is 2.91. The number of hydrogen-bond donors (Lipinski definition) is 1. The smallest absolute Gasteiger partial charge is 0.243 e. The molecule has 0 aromatic heterocycles. The minimum absolute atomic E-state index is 0.0000243. The molecule has 1 rings (SSSR count). The van der Waals surface area contributed by atoms with Gasteiger partial charge in [0.1, 0.15) is 5.75 Å².